The van der Waals surface area contributed by atoms with E-state index in [1.807, 2.05) is 0 Å². The van der Waals surface area contributed by atoms with E-state index in [0.717, 1.165) is 25.7 Å². The highest BCUT2D eigenvalue weighted by molar-refractivity contribution is 5.93. The van der Waals surface area contributed by atoms with Crippen LogP contribution >= 0.6 is 0 Å². The minimum absolute atomic E-state index is 0.0262. The number of esters is 1. The van der Waals surface area contributed by atoms with Gasteiger partial charge in [0.1, 0.15) is 6.10 Å². The van der Waals surface area contributed by atoms with Crippen molar-refractivity contribution in [3.8, 4) is 0 Å². The van der Waals surface area contributed by atoms with Gasteiger partial charge in [-0.2, -0.15) is 0 Å². The van der Waals surface area contributed by atoms with Gasteiger partial charge in [-0.3, -0.25) is 9.59 Å². The first-order valence-corrected chi connectivity index (χ1v) is 9.46. The maximum Gasteiger partial charge on any atom is 0.306 e. The molecule has 0 radical (unpaired) electrons. The van der Waals surface area contributed by atoms with Gasteiger partial charge in [0.25, 0.3) is 0 Å². The summed E-state index contributed by atoms with van der Waals surface area (Å²) in [5.41, 5.74) is 0.795. The molecule has 0 spiro atoms. The summed E-state index contributed by atoms with van der Waals surface area (Å²) in [5.74, 6) is -1.28. The number of carboxylic acids is 1. The molecule has 1 fully saturated rings. The SMILES string of the molecule is CC(C)(C)C1CCC(OC(=O)CCC(=O)Nc2ccc(C(=O)[O-])cc2)CC1. The fourth-order valence-electron chi connectivity index (χ4n) is 3.42. The van der Waals surface area contributed by atoms with Gasteiger partial charge in [-0.15, -0.1) is 0 Å². The van der Waals surface area contributed by atoms with Crippen LogP contribution in [0.15, 0.2) is 24.3 Å². The maximum atomic E-state index is 12.0. The summed E-state index contributed by atoms with van der Waals surface area (Å²) in [5, 5.41) is 13.3. The summed E-state index contributed by atoms with van der Waals surface area (Å²) in [6, 6.07) is 5.67. The average molecular weight is 374 g/mol. The molecular weight excluding hydrogens is 346 g/mol. The molecule has 1 aliphatic carbocycles. The highest BCUT2D eigenvalue weighted by Crippen LogP contribution is 2.38. The molecule has 0 saturated heterocycles. The van der Waals surface area contributed by atoms with Crippen LogP contribution < -0.4 is 10.4 Å². The molecule has 1 aliphatic rings. The van der Waals surface area contributed by atoms with E-state index in [2.05, 4.69) is 26.1 Å². The third kappa shape index (κ3) is 6.70. The fourth-order valence-corrected chi connectivity index (χ4v) is 3.42. The van der Waals surface area contributed by atoms with E-state index >= 15 is 0 Å². The molecule has 27 heavy (non-hydrogen) atoms. The van der Waals surface area contributed by atoms with Gasteiger partial charge in [0.2, 0.25) is 5.91 Å². The molecule has 1 aromatic carbocycles. The molecule has 148 valence electrons. The lowest BCUT2D eigenvalue weighted by molar-refractivity contribution is -0.255. The molecule has 0 unspecified atom stereocenters. The Balaban J connectivity index is 1.69. The maximum absolute atomic E-state index is 12.0. The molecule has 1 saturated carbocycles. The van der Waals surface area contributed by atoms with Crippen LogP contribution in [0, 0.1) is 11.3 Å². The highest BCUT2D eigenvalue weighted by atomic mass is 16.5. The van der Waals surface area contributed by atoms with Gasteiger partial charge in [0.05, 0.1) is 12.4 Å². The highest BCUT2D eigenvalue weighted by Gasteiger charge is 2.31. The van der Waals surface area contributed by atoms with Crippen LogP contribution in [0.25, 0.3) is 0 Å². The van der Waals surface area contributed by atoms with Crippen molar-refractivity contribution in [3.63, 3.8) is 0 Å². The Morgan fingerprint density at radius 1 is 1.04 bits per heavy atom. The van der Waals surface area contributed by atoms with Gasteiger partial charge in [0, 0.05) is 12.1 Å². The first kappa shape index (κ1) is 20.9. The monoisotopic (exact) mass is 374 g/mol. The second kappa shape index (κ2) is 9.02. The first-order valence-electron chi connectivity index (χ1n) is 9.46. The van der Waals surface area contributed by atoms with Gasteiger partial charge in [-0.05, 0) is 54.7 Å². The van der Waals surface area contributed by atoms with Gasteiger partial charge in [-0.25, -0.2) is 0 Å². The minimum atomic E-state index is -1.27. The van der Waals surface area contributed by atoms with Crippen molar-refractivity contribution in [2.45, 2.75) is 65.4 Å². The predicted molar refractivity (Wildman–Crippen MR) is 99.9 cm³/mol. The van der Waals surface area contributed by atoms with Crippen LogP contribution in [0.2, 0.25) is 0 Å². The third-order valence-electron chi connectivity index (χ3n) is 5.16. The van der Waals surface area contributed by atoms with Gasteiger partial charge in [0.15, 0.2) is 0 Å². The molecule has 6 heteroatoms. The normalized spacial score (nSPS) is 20.0. The largest absolute Gasteiger partial charge is 0.545 e. The number of rotatable bonds is 6. The van der Waals surface area contributed by atoms with Crippen LogP contribution in [0.5, 0.6) is 0 Å². The zero-order valence-electron chi connectivity index (χ0n) is 16.2. The Kier molecular flexibility index (Phi) is 6.99. The molecule has 1 aromatic rings. The quantitative estimate of drug-likeness (QED) is 0.773. The van der Waals surface area contributed by atoms with E-state index < -0.39 is 5.97 Å². The predicted octanol–water partition coefficient (Wildman–Crippen LogP) is 2.92. The van der Waals surface area contributed by atoms with E-state index in [-0.39, 0.29) is 41.8 Å². The van der Waals surface area contributed by atoms with E-state index in [4.69, 9.17) is 4.74 Å². The zero-order valence-corrected chi connectivity index (χ0v) is 16.2. The second-order valence-electron chi connectivity index (χ2n) is 8.24. The van der Waals surface area contributed by atoms with E-state index in [1.165, 1.54) is 24.3 Å². The van der Waals surface area contributed by atoms with Crippen LogP contribution in [0.4, 0.5) is 5.69 Å². The topological polar surface area (TPSA) is 95.5 Å². The second-order valence-corrected chi connectivity index (χ2v) is 8.24. The number of carbonyl (C=O) groups excluding carboxylic acids is 3. The van der Waals surface area contributed by atoms with Crippen LogP contribution in [-0.4, -0.2) is 23.9 Å². The molecule has 2 rings (SSSR count). The molecule has 1 amide bonds. The molecule has 0 aliphatic heterocycles. The van der Waals surface area contributed by atoms with Crippen LogP contribution in [0.1, 0.15) is 69.7 Å². The average Bonchev–Trinajstić information content (AvgIpc) is 2.60. The molecule has 6 nitrogen and oxygen atoms in total. The number of anilines is 1. The number of ether oxygens (including phenoxy) is 1. The van der Waals surface area contributed by atoms with Crippen molar-refractivity contribution in [1.29, 1.82) is 0 Å². The molecular formula is C21H28NO5-. The summed E-state index contributed by atoms with van der Waals surface area (Å²) >= 11 is 0. The number of nitrogens with one attached hydrogen (secondary N) is 1. The summed E-state index contributed by atoms with van der Waals surface area (Å²) in [7, 11) is 0. The van der Waals surface area contributed by atoms with Crippen molar-refractivity contribution in [2.24, 2.45) is 11.3 Å². The molecule has 1 N–H and O–H groups in total. The Bertz CT molecular complexity index is 667. The Morgan fingerprint density at radius 2 is 1.63 bits per heavy atom. The van der Waals surface area contributed by atoms with Gasteiger partial charge in [-0.1, -0.05) is 32.9 Å². The molecule has 0 atom stereocenters. The Morgan fingerprint density at radius 3 is 2.15 bits per heavy atom. The molecule has 0 aromatic heterocycles. The lowest BCUT2D eigenvalue weighted by Crippen LogP contribution is -2.30. The van der Waals surface area contributed by atoms with E-state index in [0.29, 0.717) is 11.6 Å². The Hall–Kier alpha value is -2.37. The number of carboxylic acid groups (broad SMARTS) is 1. The summed E-state index contributed by atoms with van der Waals surface area (Å²) in [6.07, 6.45) is 3.89. The number of hydrogen-bond acceptors (Lipinski definition) is 5. The number of benzene rings is 1. The van der Waals surface area contributed by atoms with Crippen molar-refractivity contribution < 1.29 is 24.2 Å². The fraction of sp³-hybridized carbons (Fsp3) is 0.571. The van der Waals surface area contributed by atoms with Crippen molar-refractivity contribution >= 4 is 23.5 Å². The lowest BCUT2D eigenvalue weighted by Gasteiger charge is -2.36. The standard InChI is InChI=1S/C21H29NO5/c1-21(2,3)15-6-10-17(11-7-15)27-19(24)13-12-18(23)22-16-8-4-14(5-9-16)20(25)26/h4-5,8-9,15,17H,6-7,10-13H2,1-3H3,(H,22,23)(H,25,26)/p-1. The number of hydrogen-bond donors (Lipinski definition) is 1. The van der Waals surface area contributed by atoms with Crippen molar-refractivity contribution in [1.82, 2.24) is 0 Å². The zero-order chi connectivity index (χ0) is 20.0. The lowest BCUT2D eigenvalue weighted by atomic mass is 9.72. The summed E-state index contributed by atoms with van der Waals surface area (Å²) < 4.78 is 5.50. The number of carbonyl (C=O) groups is 3. The summed E-state index contributed by atoms with van der Waals surface area (Å²) in [4.78, 5) is 34.6. The Labute approximate surface area is 160 Å². The first-order chi connectivity index (χ1) is 12.6. The smallest absolute Gasteiger partial charge is 0.306 e. The van der Waals surface area contributed by atoms with Crippen molar-refractivity contribution in [3.05, 3.63) is 29.8 Å². The van der Waals surface area contributed by atoms with Crippen LogP contribution in [-0.2, 0) is 14.3 Å². The van der Waals surface area contributed by atoms with Crippen LogP contribution in [0.3, 0.4) is 0 Å². The van der Waals surface area contributed by atoms with Crippen molar-refractivity contribution in [2.75, 3.05) is 5.32 Å². The minimum Gasteiger partial charge on any atom is -0.545 e. The number of aromatic carboxylic acids is 1. The van der Waals surface area contributed by atoms with E-state index in [1.54, 1.807) is 0 Å². The molecule has 0 bridgehead atoms. The van der Waals surface area contributed by atoms with Gasteiger partial charge >= 0.3 is 5.97 Å². The van der Waals surface area contributed by atoms with E-state index in [9.17, 15) is 19.5 Å². The number of amides is 1. The molecule has 0 heterocycles. The third-order valence-corrected chi connectivity index (χ3v) is 5.16. The van der Waals surface area contributed by atoms with Gasteiger partial charge < -0.3 is 20.0 Å². The summed E-state index contributed by atoms with van der Waals surface area (Å²) in [6.45, 7) is 6.73.